The molecule has 40 heavy (non-hydrogen) atoms. The first-order valence-electron chi connectivity index (χ1n) is 13.6. The molecule has 2 amide bonds. The smallest absolute Gasteiger partial charge is 0.244 e. The Balaban J connectivity index is 2.10. The number of benzene rings is 3. The molecule has 0 aliphatic rings. The molecule has 8 heteroatoms. The van der Waals surface area contributed by atoms with Crippen molar-refractivity contribution >= 4 is 27.5 Å². The number of aryl methyl sites for hydroxylation is 2. The molecule has 7 nitrogen and oxygen atoms in total. The second kappa shape index (κ2) is 13.6. The number of amides is 2. The summed E-state index contributed by atoms with van der Waals surface area (Å²) in [4.78, 5) is 29.5. The Morgan fingerprint density at radius 2 is 1.50 bits per heavy atom. The number of nitrogens with zero attached hydrogens (tertiary/aromatic N) is 2. The van der Waals surface area contributed by atoms with Gasteiger partial charge in [0.1, 0.15) is 12.6 Å². The van der Waals surface area contributed by atoms with Crippen molar-refractivity contribution in [2.75, 3.05) is 17.1 Å². The molecule has 0 unspecified atom stereocenters. The third-order valence-corrected chi connectivity index (χ3v) is 8.52. The van der Waals surface area contributed by atoms with Crippen LogP contribution in [0.25, 0.3) is 0 Å². The van der Waals surface area contributed by atoms with Crippen molar-refractivity contribution in [3.8, 4) is 0 Å². The molecule has 0 spiro atoms. The predicted molar refractivity (Wildman–Crippen MR) is 162 cm³/mol. The zero-order chi connectivity index (χ0) is 29.4. The quantitative estimate of drug-likeness (QED) is 0.339. The second-order valence-electron chi connectivity index (χ2n) is 10.5. The molecule has 0 radical (unpaired) electrons. The van der Waals surface area contributed by atoms with Crippen molar-refractivity contribution in [3.05, 3.63) is 101 Å². The van der Waals surface area contributed by atoms with Gasteiger partial charge < -0.3 is 10.2 Å². The molecule has 0 fully saturated rings. The van der Waals surface area contributed by atoms with Crippen LogP contribution in [0.4, 0.5) is 5.69 Å². The Bertz CT molecular complexity index is 1420. The van der Waals surface area contributed by atoms with Gasteiger partial charge >= 0.3 is 0 Å². The van der Waals surface area contributed by atoms with Crippen LogP contribution in [0.1, 0.15) is 48.1 Å². The lowest BCUT2D eigenvalue weighted by atomic mass is 10.0. The Kier molecular flexibility index (Phi) is 10.5. The number of hydrogen-bond acceptors (Lipinski definition) is 4. The maximum atomic E-state index is 14.2. The number of hydrogen-bond donors (Lipinski definition) is 1. The van der Waals surface area contributed by atoms with E-state index < -0.39 is 28.5 Å². The van der Waals surface area contributed by atoms with Gasteiger partial charge in [0.25, 0.3) is 0 Å². The molecule has 3 aromatic carbocycles. The first-order valence-corrected chi connectivity index (χ1v) is 15.5. The molecule has 214 valence electrons. The van der Waals surface area contributed by atoms with Crippen LogP contribution in [0, 0.1) is 20.8 Å². The van der Waals surface area contributed by atoms with Gasteiger partial charge in [0.05, 0.1) is 11.9 Å². The standard InChI is InChI=1S/C32H41N3O4S/c1-7-25(4)33-32(37)30(20-27-16-9-8-10-17-27)34(21-28-18-12-11-14-24(28)3)31(36)22-35(40(6,38)39)29-19-13-15-23(2)26(29)5/h8-19,25,30H,7,20-22H2,1-6H3,(H,33,37)/t25-,30-/m1/s1. The fourth-order valence-corrected chi connectivity index (χ4v) is 5.47. The molecule has 0 saturated carbocycles. The van der Waals surface area contributed by atoms with Crippen molar-refractivity contribution in [2.24, 2.45) is 0 Å². The van der Waals surface area contributed by atoms with Crippen LogP contribution in [-0.4, -0.2) is 50.0 Å². The van der Waals surface area contributed by atoms with E-state index in [1.54, 1.807) is 12.1 Å². The molecular formula is C32H41N3O4S. The largest absolute Gasteiger partial charge is 0.352 e. The number of carbonyl (C=O) groups is 2. The highest BCUT2D eigenvalue weighted by Crippen LogP contribution is 2.26. The number of anilines is 1. The van der Waals surface area contributed by atoms with Gasteiger partial charge in [-0.25, -0.2) is 8.42 Å². The van der Waals surface area contributed by atoms with Gasteiger partial charge in [-0.3, -0.25) is 13.9 Å². The van der Waals surface area contributed by atoms with Gasteiger partial charge in [-0.15, -0.1) is 0 Å². The van der Waals surface area contributed by atoms with Gasteiger partial charge in [-0.2, -0.15) is 0 Å². The second-order valence-corrected chi connectivity index (χ2v) is 12.4. The van der Waals surface area contributed by atoms with E-state index in [1.165, 1.54) is 4.90 Å². The van der Waals surface area contributed by atoms with Crippen molar-refractivity contribution in [1.29, 1.82) is 0 Å². The van der Waals surface area contributed by atoms with Crippen LogP contribution < -0.4 is 9.62 Å². The zero-order valence-corrected chi connectivity index (χ0v) is 25.2. The minimum absolute atomic E-state index is 0.0800. The van der Waals surface area contributed by atoms with Crippen molar-refractivity contribution in [2.45, 2.75) is 66.1 Å². The normalized spacial score (nSPS) is 12.8. The molecule has 3 rings (SSSR count). The van der Waals surface area contributed by atoms with Gasteiger partial charge in [-0.1, -0.05) is 73.7 Å². The molecule has 0 bridgehead atoms. The molecular weight excluding hydrogens is 522 g/mol. The van der Waals surface area contributed by atoms with Gasteiger partial charge in [-0.05, 0) is 68.0 Å². The summed E-state index contributed by atoms with van der Waals surface area (Å²) in [6.07, 6.45) is 2.14. The summed E-state index contributed by atoms with van der Waals surface area (Å²) < 4.78 is 27.2. The molecule has 2 atom stereocenters. The molecule has 0 aromatic heterocycles. The van der Waals surface area contributed by atoms with E-state index in [2.05, 4.69) is 5.32 Å². The fraction of sp³-hybridized carbons (Fsp3) is 0.375. The Morgan fingerprint density at radius 3 is 2.12 bits per heavy atom. The molecule has 0 saturated heterocycles. The minimum Gasteiger partial charge on any atom is -0.352 e. The highest BCUT2D eigenvalue weighted by Gasteiger charge is 2.34. The summed E-state index contributed by atoms with van der Waals surface area (Å²) in [5.74, 6) is -0.715. The van der Waals surface area contributed by atoms with Crippen LogP contribution >= 0.6 is 0 Å². The summed E-state index contributed by atoms with van der Waals surface area (Å²) in [7, 11) is -3.81. The maximum Gasteiger partial charge on any atom is 0.244 e. The van der Waals surface area contributed by atoms with Gasteiger partial charge in [0, 0.05) is 19.0 Å². The lowest BCUT2D eigenvalue weighted by molar-refractivity contribution is -0.140. The average Bonchev–Trinajstić information content (AvgIpc) is 2.91. The minimum atomic E-state index is -3.81. The SMILES string of the molecule is CC[C@@H](C)NC(=O)[C@@H](Cc1ccccc1)N(Cc1ccccc1C)C(=O)CN(c1cccc(C)c1C)S(C)(=O)=O. The van der Waals surface area contributed by atoms with E-state index in [1.807, 2.05) is 95.3 Å². The van der Waals surface area contributed by atoms with E-state index in [0.29, 0.717) is 12.1 Å². The van der Waals surface area contributed by atoms with Crippen molar-refractivity contribution in [1.82, 2.24) is 10.2 Å². The molecule has 3 aromatic rings. The number of carbonyl (C=O) groups excluding carboxylic acids is 2. The number of nitrogens with one attached hydrogen (secondary N) is 1. The van der Waals surface area contributed by atoms with Crippen LogP contribution in [-0.2, 0) is 32.6 Å². The summed E-state index contributed by atoms with van der Waals surface area (Å²) >= 11 is 0. The first kappa shape index (κ1) is 30.9. The van der Waals surface area contributed by atoms with E-state index in [0.717, 1.165) is 44.8 Å². The topological polar surface area (TPSA) is 86.8 Å². The molecule has 0 heterocycles. The van der Waals surface area contributed by atoms with Crippen LogP contribution in [0.5, 0.6) is 0 Å². The van der Waals surface area contributed by atoms with E-state index >= 15 is 0 Å². The highest BCUT2D eigenvalue weighted by molar-refractivity contribution is 7.92. The highest BCUT2D eigenvalue weighted by atomic mass is 32.2. The van der Waals surface area contributed by atoms with E-state index in [-0.39, 0.29) is 18.5 Å². The van der Waals surface area contributed by atoms with Gasteiger partial charge in [0.2, 0.25) is 21.8 Å². The number of sulfonamides is 1. The lowest BCUT2D eigenvalue weighted by Gasteiger charge is -2.34. The zero-order valence-electron chi connectivity index (χ0n) is 24.3. The third-order valence-electron chi connectivity index (χ3n) is 7.40. The number of rotatable bonds is 12. The summed E-state index contributed by atoms with van der Waals surface area (Å²) in [6.45, 7) is 9.37. The molecule has 0 aliphatic carbocycles. The van der Waals surface area contributed by atoms with Crippen molar-refractivity contribution < 1.29 is 18.0 Å². The lowest BCUT2D eigenvalue weighted by Crippen LogP contribution is -2.54. The fourth-order valence-electron chi connectivity index (χ4n) is 4.57. The maximum absolute atomic E-state index is 14.2. The summed E-state index contributed by atoms with van der Waals surface area (Å²) in [6, 6.07) is 21.7. The van der Waals surface area contributed by atoms with Crippen LogP contribution in [0.3, 0.4) is 0 Å². The van der Waals surface area contributed by atoms with E-state index in [9.17, 15) is 18.0 Å². The Labute approximate surface area is 239 Å². The summed E-state index contributed by atoms with van der Waals surface area (Å²) in [5, 5.41) is 3.05. The average molecular weight is 564 g/mol. The monoisotopic (exact) mass is 563 g/mol. The summed E-state index contributed by atoms with van der Waals surface area (Å²) in [5.41, 5.74) is 4.93. The van der Waals surface area contributed by atoms with Gasteiger partial charge in [0.15, 0.2) is 0 Å². The first-order chi connectivity index (χ1) is 18.9. The predicted octanol–water partition coefficient (Wildman–Crippen LogP) is 4.93. The Hall–Kier alpha value is -3.65. The third kappa shape index (κ3) is 7.94. The molecule has 0 aliphatic heterocycles. The Morgan fingerprint density at radius 1 is 0.875 bits per heavy atom. The molecule has 1 N–H and O–H groups in total. The van der Waals surface area contributed by atoms with Crippen LogP contribution in [0.15, 0.2) is 72.8 Å². The van der Waals surface area contributed by atoms with Crippen molar-refractivity contribution in [3.63, 3.8) is 0 Å². The van der Waals surface area contributed by atoms with Crippen LogP contribution in [0.2, 0.25) is 0 Å². The van der Waals surface area contributed by atoms with E-state index in [4.69, 9.17) is 0 Å².